The molecule has 0 fully saturated rings. The molecule has 0 aliphatic rings. The summed E-state index contributed by atoms with van der Waals surface area (Å²) < 4.78 is 0. The monoisotopic (exact) mass is 205 g/mol. The maximum absolute atomic E-state index is 10.7. The summed E-state index contributed by atoms with van der Waals surface area (Å²) in [7, 11) is 0. The molecule has 0 aliphatic heterocycles. The van der Waals surface area contributed by atoms with E-state index in [1.165, 1.54) is 6.20 Å². The molecule has 15 heavy (non-hydrogen) atoms. The maximum Gasteiger partial charge on any atom is 0.354 e. The fraction of sp³-hybridized carbons (Fsp3) is 0.182. The zero-order valence-corrected chi connectivity index (χ0v) is 8.30. The van der Waals surface area contributed by atoms with Crippen molar-refractivity contribution in [3.05, 3.63) is 35.2 Å². The molecule has 0 bridgehead atoms. The maximum atomic E-state index is 10.7. The summed E-state index contributed by atoms with van der Waals surface area (Å²) in [6.07, 6.45) is 6.05. The Morgan fingerprint density at radius 2 is 2.33 bits per heavy atom. The number of aromatic nitrogens is 1. The normalized spacial score (nSPS) is 10.5. The van der Waals surface area contributed by atoms with Crippen LogP contribution in [-0.2, 0) is 4.79 Å². The molecule has 1 aromatic rings. The van der Waals surface area contributed by atoms with E-state index < -0.39 is 5.97 Å². The van der Waals surface area contributed by atoms with E-state index >= 15 is 0 Å². The number of aromatic carboxylic acids is 1. The highest BCUT2D eigenvalue weighted by atomic mass is 16.4. The third-order valence-electron chi connectivity index (χ3n) is 1.84. The second kappa shape index (κ2) is 5.05. The van der Waals surface area contributed by atoms with E-state index in [0.717, 1.165) is 11.8 Å². The molecule has 0 saturated carbocycles. The van der Waals surface area contributed by atoms with Crippen LogP contribution in [0.1, 0.15) is 28.0 Å². The number of aldehydes is 1. The van der Waals surface area contributed by atoms with Gasteiger partial charge in [-0.25, -0.2) is 9.78 Å². The van der Waals surface area contributed by atoms with Crippen molar-refractivity contribution in [1.29, 1.82) is 0 Å². The van der Waals surface area contributed by atoms with Gasteiger partial charge < -0.3 is 9.90 Å². The third kappa shape index (κ3) is 3.02. The minimum atomic E-state index is -1.03. The van der Waals surface area contributed by atoms with E-state index in [4.69, 9.17) is 5.11 Å². The van der Waals surface area contributed by atoms with Gasteiger partial charge in [0, 0.05) is 12.6 Å². The van der Waals surface area contributed by atoms with Crippen molar-refractivity contribution in [3.8, 4) is 0 Å². The molecular weight excluding hydrogens is 194 g/mol. The smallest absolute Gasteiger partial charge is 0.354 e. The van der Waals surface area contributed by atoms with Gasteiger partial charge in [-0.15, -0.1) is 0 Å². The number of pyridine rings is 1. The van der Waals surface area contributed by atoms with Crippen LogP contribution in [0.15, 0.2) is 18.3 Å². The highest BCUT2D eigenvalue weighted by Gasteiger charge is 2.07. The molecule has 0 radical (unpaired) electrons. The average molecular weight is 205 g/mol. The first-order valence-corrected chi connectivity index (χ1v) is 4.45. The van der Waals surface area contributed by atoms with Crippen molar-refractivity contribution in [2.45, 2.75) is 13.3 Å². The van der Waals surface area contributed by atoms with Gasteiger partial charge >= 0.3 is 5.97 Å². The van der Waals surface area contributed by atoms with Crippen LogP contribution in [0.25, 0.3) is 6.08 Å². The Morgan fingerprint density at radius 1 is 1.60 bits per heavy atom. The van der Waals surface area contributed by atoms with E-state index in [1.54, 1.807) is 25.1 Å². The topological polar surface area (TPSA) is 67.3 Å². The largest absolute Gasteiger partial charge is 0.477 e. The fourth-order valence-corrected chi connectivity index (χ4v) is 1.17. The lowest BCUT2D eigenvalue weighted by Crippen LogP contribution is -2.03. The van der Waals surface area contributed by atoms with Gasteiger partial charge in [0.1, 0.15) is 6.29 Å². The number of carbonyl (C=O) groups excluding carboxylic acids is 1. The molecule has 1 rings (SSSR count). The van der Waals surface area contributed by atoms with Crippen LogP contribution >= 0.6 is 0 Å². The minimum Gasteiger partial charge on any atom is -0.477 e. The highest BCUT2D eigenvalue weighted by Crippen LogP contribution is 2.09. The number of hydrogen-bond donors (Lipinski definition) is 1. The van der Waals surface area contributed by atoms with Crippen LogP contribution in [-0.4, -0.2) is 22.3 Å². The van der Waals surface area contributed by atoms with Crippen molar-refractivity contribution >= 4 is 18.3 Å². The van der Waals surface area contributed by atoms with Crippen LogP contribution in [0.2, 0.25) is 0 Å². The van der Waals surface area contributed by atoms with Gasteiger partial charge in [-0.05, 0) is 24.1 Å². The molecule has 1 aromatic heterocycles. The number of aryl methyl sites for hydroxylation is 1. The van der Waals surface area contributed by atoms with Crippen molar-refractivity contribution in [2.24, 2.45) is 0 Å². The van der Waals surface area contributed by atoms with Gasteiger partial charge in [-0.2, -0.15) is 0 Å². The first kappa shape index (κ1) is 11.1. The Morgan fingerprint density at radius 3 is 2.87 bits per heavy atom. The summed E-state index contributed by atoms with van der Waals surface area (Å²) in [4.78, 5) is 24.5. The number of carboxylic acids is 1. The van der Waals surface area contributed by atoms with Crippen LogP contribution in [0.5, 0.6) is 0 Å². The Bertz CT molecular complexity index is 410. The lowest BCUT2D eigenvalue weighted by molar-refractivity contribution is -0.107. The van der Waals surface area contributed by atoms with Crippen LogP contribution in [0.3, 0.4) is 0 Å². The van der Waals surface area contributed by atoms with Gasteiger partial charge in [0.2, 0.25) is 0 Å². The Hall–Kier alpha value is -1.97. The van der Waals surface area contributed by atoms with Gasteiger partial charge in [0.05, 0.1) is 0 Å². The lowest BCUT2D eigenvalue weighted by atomic mass is 10.1. The molecular formula is C11H11NO3. The first-order chi connectivity index (χ1) is 7.15. The predicted molar refractivity (Wildman–Crippen MR) is 55.6 cm³/mol. The van der Waals surface area contributed by atoms with Crippen molar-refractivity contribution in [1.82, 2.24) is 4.98 Å². The Labute approximate surface area is 87.3 Å². The van der Waals surface area contributed by atoms with Crippen LogP contribution in [0.4, 0.5) is 0 Å². The summed E-state index contributed by atoms with van der Waals surface area (Å²) in [5, 5.41) is 8.74. The molecule has 0 saturated heterocycles. The van der Waals surface area contributed by atoms with Crippen molar-refractivity contribution < 1.29 is 14.7 Å². The third-order valence-corrected chi connectivity index (χ3v) is 1.84. The number of carbonyl (C=O) groups is 2. The highest BCUT2D eigenvalue weighted by molar-refractivity contribution is 5.87. The van der Waals surface area contributed by atoms with E-state index in [-0.39, 0.29) is 5.69 Å². The number of carboxylic acid groups (broad SMARTS) is 1. The second-order valence-corrected chi connectivity index (χ2v) is 3.04. The van der Waals surface area contributed by atoms with Crippen LogP contribution < -0.4 is 0 Å². The first-order valence-electron chi connectivity index (χ1n) is 4.45. The quantitative estimate of drug-likeness (QED) is 0.759. The van der Waals surface area contributed by atoms with Gasteiger partial charge in [-0.1, -0.05) is 12.2 Å². The summed E-state index contributed by atoms with van der Waals surface area (Å²) in [6.45, 7) is 1.69. The molecule has 4 nitrogen and oxygen atoms in total. The van der Waals surface area contributed by atoms with E-state index in [9.17, 15) is 9.59 Å². The summed E-state index contributed by atoms with van der Waals surface area (Å²) >= 11 is 0. The van der Waals surface area contributed by atoms with Crippen molar-refractivity contribution in [2.75, 3.05) is 0 Å². The molecule has 78 valence electrons. The van der Waals surface area contributed by atoms with Gasteiger partial charge in [0.15, 0.2) is 5.69 Å². The van der Waals surface area contributed by atoms with Crippen molar-refractivity contribution in [3.63, 3.8) is 0 Å². The molecule has 0 spiro atoms. The Kier molecular flexibility index (Phi) is 3.74. The summed E-state index contributed by atoms with van der Waals surface area (Å²) in [6, 6.07) is 1.72. The molecule has 0 amide bonds. The number of rotatable bonds is 4. The van der Waals surface area contributed by atoms with E-state index in [1.807, 2.05) is 0 Å². The Balaban J connectivity index is 2.91. The average Bonchev–Trinajstić information content (AvgIpc) is 2.17. The molecule has 1 heterocycles. The van der Waals surface area contributed by atoms with Gasteiger partial charge in [0.25, 0.3) is 0 Å². The second-order valence-electron chi connectivity index (χ2n) is 3.04. The number of hydrogen-bond acceptors (Lipinski definition) is 3. The minimum absolute atomic E-state index is 0.0579. The zero-order valence-electron chi connectivity index (χ0n) is 8.30. The molecule has 0 aliphatic carbocycles. The number of allylic oxidation sites excluding steroid dienone is 1. The summed E-state index contributed by atoms with van der Waals surface area (Å²) in [5.41, 5.74) is 1.46. The predicted octanol–water partition coefficient (Wildman–Crippen LogP) is 1.69. The lowest BCUT2D eigenvalue weighted by Gasteiger charge is -2.00. The number of nitrogens with zero attached hydrogens (tertiary/aromatic N) is 1. The van der Waals surface area contributed by atoms with Gasteiger partial charge in [-0.3, -0.25) is 0 Å². The summed E-state index contributed by atoms with van der Waals surface area (Å²) in [5.74, 6) is -1.03. The molecule has 0 aromatic carbocycles. The molecule has 4 heteroatoms. The van der Waals surface area contributed by atoms with Crippen LogP contribution in [0, 0.1) is 6.92 Å². The molecule has 0 unspecified atom stereocenters. The SMILES string of the molecule is Cc1cc(C=CCC=O)cnc1C(=O)O. The standard InChI is InChI=1S/C11H11NO3/c1-8-6-9(4-2-3-5-13)7-12-10(8)11(14)15/h2,4-7H,3H2,1H3,(H,14,15). The molecule has 0 atom stereocenters. The zero-order chi connectivity index (χ0) is 11.3. The van der Waals surface area contributed by atoms with E-state index in [2.05, 4.69) is 4.98 Å². The molecule has 1 N–H and O–H groups in total. The fourth-order valence-electron chi connectivity index (χ4n) is 1.17. The van der Waals surface area contributed by atoms with E-state index in [0.29, 0.717) is 12.0 Å².